The van der Waals surface area contributed by atoms with Gasteiger partial charge in [0.2, 0.25) is 12.7 Å². The molecule has 35 heavy (non-hydrogen) atoms. The molecule has 0 aromatic heterocycles. The van der Waals surface area contributed by atoms with E-state index >= 15 is 0 Å². The van der Waals surface area contributed by atoms with Gasteiger partial charge in [-0.2, -0.15) is 0 Å². The molecule has 2 amide bonds. The van der Waals surface area contributed by atoms with Crippen molar-refractivity contribution in [1.29, 1.82) is 0 Å². The van der Waals surface area contributed by atoms with Crippen LogP contribution in [0.3, 0.4) is 0 Å². The molecule has 0 bridgehead atoms. The summed E-state index contributed by atoms with van der Waals surface area (Å²) in [5, 5.41) is 3.37. The second-order valence-electron chi connectivity index (χ2n) is 8.06. The molecular formula is C27H23N3O4S. The van der Waals surface area contributed by atoms with Crippen LogP contribution >= 0.6 is 11.8 Å². The number of amides is 2. The van der Waals surface area contributed by atoms with Crippen molar-refractivity contribution in [2.45, 2.75) is 13.5 Å². The van der Waals surface area contributed by atoms with Gasteiger partial charge in [-0.1, -0.05) is 65.9 Å². The highest BCUT2D eigenvalue weighted by Gasteiger charge is 2.32. The predicted molar refractivity (Wildman–Crippen MR) is 137 cm³/mol. The van der Waals surface area contributed by atoms with E-state index in [-0.39, 0.29) is 30.1 Å². The Balaban J connectivity index is 1.35. The van der Waals surface area contributed by atoms with Crippen LogP contribution in [-0.2, 0) is 16.1 Å². The van der Waals surface area contributed by atoms with E-state index in [0.717, 1.165) is 16.7 Å². The van der Waals surface area contributed by atoms with Crippen LogP contribution in [-0.4, -0.2) is 29.5 Å². The average molecular weight is 486 g/mol. The number of carbonyl (C=O) groups excluding carboxylic acids is 2. The molecule has 0 spiro atoms. The molecule has 2 aliphatic heterocycles. The van der Waals surface area contributed by atoms with E-state index in [2.05, 4.69) is 10.3 Å². The Hall–Kier alpha value is -4.04. The summed E-state index contributed by atoms with van der Waals surface area (Å²) in [4.78, 5) is 32.0. The molecule has 0 atom stereocenters. The molecule has 3 aromatic carbocycles. The lowest BCUT2D eigenvalue weighted by molar-refractivity contribution is -0.118. The minimum Gasteiger partial charge on any atom is -0.454 e. The monoisotopic (exact) mass is 485 g/mol. The summed E-state index contributed by atoms with van der Waals surface area (Å²) in [6, 6.07) is 22.8. The van der Waals surface area contributed by atoms with Crippen LogP contribution < -0.4 is 19.7 Å². The molecule has 7 nitrogen and oxygen atoms in total. The first kappa shape index (κ1) is 22.7. The average Bonchev–Trinajstić information content (AvgIpc) is 3.46. The highest BCUT2D eigenvalue weighted by atomic mass is 32.2. The number of hydrogen-bond acceptors (Lipinski definition) is 6. The Labute approximate surface area is 207 Å². The van der Waals surface area contributed by atoms with Gasteiger partial charge in [-0.3, -0.25) is 14.5 Å². The SMILES string of the molecule is Cc1ccc(N2C(=O)C(=Cc3ccc4c(c3)OCO4)N=C2SCC(=O)NCc2ccccc2)cc1. The lowest BCUT2D eigenvalue weighted by Gasteiger charge is -2.18. The normalized spacial score (nSPS) is 15.5. The number of thioether (sulfide) groups is 1. The Bertz CT molecular complexity index is 1320. The molecule has 5 rings (SSSR count). The maximum absolute atomic E-state index is 13.4. The summed E-state index contributed by atoms with van der Waals surface area (Å²) < 4.78 is 10.8. The van der Waals surface area contributed by atoms with E-state index in [1.54, 1.807) is 11.0 Å². The summed E-state index contributed by atoms with van der Waals surface area (Å²) in [5.41, 5.74) is 3.87. The van der Waals surface area contributed by atoms with Gasteiger partial charge in [0.1, 0.15) is 5.70 Å². The summed E-state index contributed by atoms with van der Waals surface area (Å²) in [6.07, 6.45) is 1.72. The standard InChI is InChI=1S/C27H23N3O4S/c1-18-7-10-21(11-8-18)30-26(32)22(13-20-9-12-23-24(14-20)34-17-33-23)29-27(30)35-16-25(31)28-15-19-5-3-2-4-6-19/h2-14H,15-17H2,1H3,(H,28,31). The van der Waals surface area contributed by atoms with E-state index in [0.29, 0.717) is 28.9 Å². The zero-order valence-electron chi connectivity index (χ0n) is 19.1. The summed E-state index contributed by atoms with van der Waals surface area (Å²) in [6.45, 7) is 2.62. The number of nitrogens with zero attached hydrogens (tertiary/aromatic N) is 2. The molecule has 0 aliphatic carbocycles. The van der Waals surface area contributed by atoms with Crippen molar-refractivity contribution in [3.05, 3.63) is 95.2 Å². The molecule has 2 heterocycles. The van der Waals surface area contributed by atoms with Crippen molar-refractivity contribution >= 4 is 40.5 Å². The molecule has 0 fully saturated rings. The quantitative estimate of drug-likeness (QED) is 0.520. The van der Waals surface area contributed by atoms with Gasteiger partial charge < -0.3 is 14.8 Å². The second-order valence-corrected chi connectivity index (χ2v) is 9.01. The third-order valence-electron chi connectivity index (χ3n) is 5.49. The smallest absolute Gasteiger partial charge is 0.283 e. The van der Waals surface area contributed by atoms with Crippen LogP contribution in [0, 0.1) is 6.92 Å². The molecular weight excluding hydrogens is 462 g/mol. The van der Waals surface area contributed by atoms with Gasteiger partial charge in [0.15, 0.2) is 16.7 Å². The number of hydrogen-bond donors (Lipinski definition) is 1. The molecule has 0 unspecified atom stereocenters. The first-order valence-corrected chi connectivity index (χ1v) is 12.1. The summed E-state index contributed by atoms with van der Waals surface area (Å²) >= 11 is 1.23. The van der Waals surface area contributed by atoms with Crippen molar-refractivity contribution < 1.29 is 19.1 Å². The molecule has 0 saturated carbocycles. The number of ether oxygens (including phenoxy) is 2. The first-order valence-electron chi connectivity index (χ1n) is 11.1. The number of amidine groups is 1. The molecule has 3 aromatic rings. The van der Waals surface area contributed by atoms with E-state index in [9.17, 15) is 9.59 Å². The van der Waals surface area contributed by atoms with Crippen LogP contribution in [0.25, 0.3) is 6.08 Å². The van der Waals surface area contributed by atoms with E-state index in [4.69, 9.17) is 9.47 Å². The maximum Gasteiger partial charge on any atom is 0.283 e. The zero-order valence-corrected chi connectivity index (χ0v) is 19.9. The Kier molecular flexibility index (Phi) is 6.54. The van der Waals surface area contributed by atoms with E-state index < -0.39 is 0 Å². The van der Waals surface area contributed by atoms with Gasteiger partial charge in [0, 0.05) is 6.54 Å². The number of carbonyl (C=O) groups is 2. The fraction of sp³-hybridized carbons (Fsp3) is 0.148. The van der Waals surface area contributed by atoms with Gasteiger partial charge >= 0.3 is 0 Å². The summed E-state index contributed by atoms with van der Waals surface area (Å²) in [7, 11) is 0. The van der Waals surface area contributed by atoms with Crippen molar-refractivity contribution in [1.82, 2.24) is 5.32 Å². The van der Waals surface area contributed by atoms with Crippen LogP contribution in [0.2, 0.25) is 0 Å². The van der Waals surface area contributed by atoms with Gasteiger partial charge in [-0.15, -0.1) is 0 Å². The number of aryl methyl sites for hydroxylation is 1. The Morgan fingerprint density at radius 2 is 1.83 bits per heavy atom. The van der Waals surface area contributed by atoms with Crippen LogP contribution in [0.15, 0.2) is 83.5 Å². The fourth-order valence-electron chi connectivity index (χ4n) is 3.65. The minimum absolute atomic E-state index is 0.133. The van der Waals surface area contributed by atoms with E-state index in [1.165, 1.54) is 11.8 Å². The van der Waals surface area contributed by atoms with Gasteiger partial charge in [0.25, 0.3) is 5.91 Å². The number of nitrogens with one attached hydrogen (secondary N) is 1. The number of rotatable bonds is 6. The molecule has 176 valence electrons. The number of fused-ring (bicyclic) bond motifs is 1. The third kappa shape index (κ3) is 5.22. The van der Waals surface area contributed by atoms with Crippen LogP contribution in [0.5, 0.6) is 11.5 Å². The number of benzene rings is 3. The molecule has 2 aliphatic rings. The van der Waals surface area contributed by atoms with Crippen molar-refractivity contribution in [2.75, 3.05) is 17.4 Å². The fourth-order valence-corrected chi connectivity index (χ4v) is 4.50. The van der Waals surface area contributed by atoms with Crippen molar-refractivity contribution in [3.63, 3.8) is 0 Å². The topological polar surface area (TPSA) is 80.2 Å². The van der Waals surface area contributed by atoms with Crippen molar-refractivity contribution in [3.8, 4) is 11.5 Å². The minimum atomic E-state index is -0.251. The summed E-state index contributed by atoms with van der Waals surface area (Å²) in [5.74, 6) is 1.06. The predicted octanol–water partition coefficient (Wildman–Crippen LogP) is 4.52. The zero-order chi connectivity index (χ0) is 24.2. The first-order chi connectivity index (χ1) is 17.1. The van der Waals surface area contributed by atoms with Crippen molar-refractivity contribution in [2.24, 2.45) is 4.99 Å². The molecule has 0 radical (unpaired) electrons. The van der Waals surface area contributed by atoms with Gasteiger partial charge in [0.05, 0.1) is 11.4 Å². The van der Waals surface area contributed by atoms with Gasteiger partial charge in [-0.05, 0) is 48.4 Å². The Morgan fingerprint density at radius 3 is 2.63 bits per heavy atom. The molecule has 1 N–H and O–H groups in total. The Morgan fingerprint density at radius 1 is 1.06 bits per heavy atom. The highest BCUT2D eigenvalue weighted by Crippen LogP contribution is 2.34. The molecule has 0 saturated heterocycles. The second kappa shape index (κ2) is 10.1. The van der Waals surface area contributed by atoms with Crippen LogP contribution in [0.1, 0.15) is 16.7 Å². The van der Waals surface area contributed by atoms with Gasteiger partial charge in [-0.25, -0.2) is 4.99 Å². The lowest BCUT2D eigenvalue weighted by Crippen LogP contribution is -2.32. The number of anilines is 1. The van der Waals surface area contributed by atoms with Crippen LogP contribution in [0.4, 0.5) is 5.69 Å². The third-order valence-corrected chi connectivity index (χ3v) is 6.43. The largest absolute Gasteiger partial charge is 0.454 e. The maximum atomic E-state index is 13.4. The lowest BCUT2D eigenvalue weighted by atomic mass is 10.1. The highest BCUT2D eigenvalue weighted by molar-refractivity contribution is 8.14. The van der Waals surface area contributed by atoms with E-state index in [1.807, 2.05) is 79.7 Å². The number of aliphatic imine (C=N–C) groups is 1. The molecule has 8 heteroatoms.